The average Bonchev–Trinajstić information content (AvgIpc) is 2.98. The molecule has 42 heavy (non-hydrogen) atoms. The van der Waals surface area contributed by atoms with Crippen molar-refractivity contribution in [3.63, 3.8) is 0 Å². The Bertz CT molecular complexity index is 953. The van der Waals surface area contributed by atoms with Crippen LogP contribution in [0, 0.1) is 17.3 Å². The Kier molecular flexibility index (Phi) is 14.5. The van der Waals surface area contributed by atoms with E-state index in [-0.39, 0.29) is 41.2 Å². The van der Waals surface area contributed by atoms with Crippen LogP contribution < -0.4 is 10.1 Å². The van der Waals surface area contributed by atoms with Crippen LogP contribution in [0.25, 0.3) is 0 Å². The van der Waals surface area contributed by atoms with Crippen LogP contribution in [-0.2, 0) is 25.5 Å². The molecule has 3 atom stereocenters. The topological polar surface area (TPSA) is 94.1 Å². The second kappa shape index (κ2) is 17.7. The molecule has 0 unspecified atom stereocenters. The third-order valence-corrected chi connectivity index (χ3v) is 9.60. The largest absolute Gasteiger partial charge is 0.504 e. The molecule has 238 valence electrons. The Morgan fingerprint density at radius 3 is 2.38 bits per heavy atom. The number of hydrogen-bond acceptors (Lipinski definition) is 7. The second-order valence-corrected chi connectivity index (χ2v) is 12.9. The van der Waals surface area contributed by atoms with Gasteiger partial charge in [0.15, 0.2) is 11.5 Å². The van der Waals surface area contributed by atoms with Crippen LogP contribution in [-0.4, -0.2) is 49.5 Å². The number of nitrogens with one attached hydrogen (secondary N) is 1. The van der Waals surface area contributed by atoms with E-state index < -0.39 is 0 Å². The van der Waals surface area contributed by atoms with Gasteiger partial charge in [0.25, 0.3) is 0 Å². The Morgan fingerprint density at radius 1 is 1.00 bits per heavy atom. The summed E-state index contributed by atoms with van der Waals surface area (Å²) in [5.74, 6) is 0.619. The lowest BCUT2D eigenvalue weighted by Crippen LogP contribution is -2.49. The molecule has 1 saturated heterocycles. The van der Waals surface area contributed by atoms with Crippen LogP contribution in [0.1, 0.15) is 123 Å². The van der Waals surface area contributed by atoms with Crippen molar-refractivity contribution in [3.05, 3.63) is 23.8 Å². The van der Waals surface area contributed by atoms with Crippen molar-refractivity contribution in [1.29, 1.82) is 0 Å². The van der Waals surface area contributed by atoms with E-state index in [1.54, 1.807) is 13.2 Å². The maximum Gasteiger partial charge on any atom is 0.309 e. The van der Waals surface area contributed by atoms with Crippen LogP contribution in [0.3, 0.4) is 0 Å². The summed E-state index contributed by atoms with van der Waals surface area (Å²) in [7, 11) is 1.56. The molecule has 1 aromatic rings. The first-order valence-corrected chi connectivity index (χ1v) is 16.7. The quantitative estimate of drug-likeness (QED) is 0.144. The third kappa shape index (κ3) is 10.5. The Labute approximate surface area is 254 Å². The monoisotopic (exact) mass is 587 g/mol. The fraction of sp³-hybridized carbons (Fsp3) is 0.771. The van der Waals surface area contributed by atoms with E-state index in [0.717, 1.165) is 82.9 Å². The number of carbonyl (C=O) groups is 2. The summed E-state index contributed by atoms with van der Waals surface area (Å²) in [6.07, 6.45) is 15.0. The minimum absolute atomic E-state index is 0.0529. The number of carbonyl (C=O) groups excluding carboxylic acids is 2. The Balaban J connectivity index is 1.94. The fourth-order valence-corrected chi connectivity index (χ4v) is 7.28. The highest BCUT2D eigenvalue weighted by Crippen LogP contribution is 2.43. The van der Waals surface area contributed by atoms with Crippen molar-refractivity contribution in [2.24, 2.45) is 17.3 Å². The van der Waals surface area contributed by atoms with Crippen LogP contribution in [0.4, 0.5) is 0 Å². The lowest BCUT2D eigenvalue weighted by molar-refractivity contribution is -0.170. The standard InChI is InChI=1S/C35H57NO6/c1-5-7-9-13-27(12-6-2)22-30(41-26(3)37)24-33(42-34(39)29-14-10-8-11-15-29)35(18-20-36-21-19-35)25-28-16-17-31(38)32(23-28)40-4/h16-17,23,27,29-30,33,36,38H,5-15,18-22,24-25H2,1-4H3/t27-,30+,33+/m0/s1. The SMILES string of the molecule is CCCCC[C@H](CCC)C[C@H](C[C@@H](OC(=O)C1CCCCC1)C1(Cc2ccc(O)c(OC)c2)CCNCC1)OC(C)=O. The molecule has 1 aliphatic heterocycles. The number of piperidine rings is 1. The molecule has 0 aromatic heterocycles. The van der Waals surface area contributed by atoms with Crippen LogP contribution in [0.15, 0.2) is 18.2 Å². The first kappa shape index (κ1) is 34.2. The number of methoxy groups -OCH3 is 1. The van der Waals surface area contributed by atoms with E-state index in [2.05, 4.69) is 19.2 Å². The van der Waals surface area contributed by atoms with E-state index >= 15 is 0 Å². The fourth-order valence-electron chi connectivity index (χ4n) is 7.28. The molecule has 2 aliphatic rings. The molecule has 0 bridgehead atoms. The molecule has 0 amide bonds. The summed E-state index contributed by atoms with van der Waals surface area (Å²) in [6, 6.07) is 5.52. The molecule has 2 N–H and O–H groups in total. The van der Waals surface area contributed by atoms with Gasteiger partial charge >= 0.3 is 11.9 Å². The van der Waals surface area contributed by atoms with E-state index in [1.807, 2.05) is 12.1 Å². The van der Waals surface area contributed by atoms with Gasteiger partial charge in [0.1, 0.15) is 12.2 Å². The molecule has 1 aromatic carbocycles. The van der Waals surface area contributed by atoms with Gasteiger partial charge in [-0.3, -0.25) is 9.59 Å². The van der Waals surface area contributed by atoms with Gasteiger partial charge in [-0.05, 0) is 75.2 Å². The number of phenolic OH excluding ortho intramolecular Hbond substituents is 1. The zero-order chi connectivity index (χ0) is 30.4. The predicted molar refractivity (Wildman–Crippen MR) is 167 cm³/mol. The van der Waals surface area contributed by atoms with Gasteiger partial charge < -0.3 is 24.6 Å². The molecule has 1 heterocycles. The smallest absolute Gasteiger partial charge is 0.309 e. The number of unbranched alkanes of at least 4 members (excludes halogenated alkanes) is 2. The zero-order valence-electron chi connectivity index (χ0n) is 26.8. The van der Waals surface area contributed by atoms with Crippen molar-refractivity contribution in [2.45, 2.75) is 136 Å². The summed E-state index contributed by atoms with van der Waals surface area (Å²) in [4.78, 5) is 26.1. The first-order chi connectivity index (χ1) is 20.3. The molecule has 0 spiro atoms. The van der Waals surface area contributed by atoms with Crippen LogP contribution >= 0.6 is 0 Å². The van der Waals surface area contributed by atoms with E-state index in [1.165, 1.54) is 32.6 Å². The highest BCUT2D eigenvalue weighted by Gasteiger charge is 2.45. The predicted octanol–water partition coefficient (Wildman–Crippen LogP) is 7.51. The highest BCUT2D eigenvalue weighted by atomic mass is 16.6. The molecule has 7 heteroatoms. The number of aromatic hydroxyl groups is 1. The number of phenols is 1. The normalized spacial score (nSPS) is 19.4. The molecular weight excluding hydrogens is 530 g/mol. The summed E-state index contributed by atoms with van der Waals surface area (Å²) < 4.78 is 18.1. The number of esters is 2. The van der Waals surface area contributed by atoms with E-state index in [9.17, 15) is 14.7 Å². The van der Waals surface area contributed by atoms with E-state index in [4.69, 9.17) is 14.2 Å². The zero-order valence-corrected chi connectivity index (χ0v) is 26.8. The average molecular weight is 588 g/mol. The number of ether oxygens (including phenoxy) is 3. The molecule has 1 aliphatic carbocycles. The van der Waals surface area contributed by atoms with Gasteiger partial charge in [-0.25, -0.2) is 0 Å². The number of benzene rings is 1. The third-order valence-electron chi connectivity index (χ3n) is 9.60. The maximum atomic E-state index is 13.7. The molecule has 1 saturated carbocycles. The van der Waals surface area contributed by atoms with Crippen molar-refractivity contribution in [1.82, 2.24) is 5.32 Å². The summed E-state index contributed by atoms with van der Waals surface area (Å²) in [5, 5.41) is 13.7. The molecular formula is C35H57NO6. The Hall–Kier alpha value is -2.28. The minimum atomic E-state index is -0.379. The molecule has 3 rings (SSSR count). The maximum absolute atomic E-state index is 13.7. The second-order valence-electron chi connectivity index (χ2n) is 12.9. The number of hydrogen-bond donors (Lipinski definition) is 2. The highest BCUT2D eigenvalue weighted by molar-refractivity contribution is 5.72. The van der Waals surface area contributed by atoms with Crippen molar-refractivity contribution in [3.8, 4) is 11.5 Å². The number of rotatable bonds is 17. The van der Waals surface area contributed by atoms with Crippen LogP contribution in [0.5, 0.6) is 11.5 Å². The van der Waals surface area contributed by atoms with Crippen molar-refractivity contribution < 1.29 is 28.9 Å². The van der Waals surface area contributed by atoms with E-state index in [0.29, 0.717) is 24.5 Å². The van der Waals surface area contributed by atoms with Gasteiger partial charge in [-0.2, -0.15) is 0 Å². The minimum Gasteiger partial charge on any atom is -0.504 e. The van der Waals surface area contributed by atoms with Gasteiger partial charge in [0.2, 0.25) is 0 Å². The Morgan fingerprint density at radius 2 is 1.74 bits per heavy atom. The van der Waals surface area contributed by atoms with Gasteiger partial charge in [0.05, 0.1) is 13.0 Å². The van der Waals surface area contributed by atoms with Gasteiger partial charge in [0, 0.05) is 18.8 Å². The van der Waals surface area contributed by atoms with Gasteiger partial charge in [-0.15, -0.1) is 0 Å². The van der Waals surface area contributed by atoms with Gasteiger partial charge in [-0.1, -0.05) is 77.7 Å². The molecule has 0 radical (unpaired) electrons. The molecule has 2 fully saturated rings. The molecule has 7 nitrogen and oxygen atoms in total. The summed E-state index contributed by atoms with van der Waals surface area (Å²) >= 11 is 0. The first-order valence-electron chi connectivity index (χ1n) is 16.7. The summed E-state index contributed by atoms with van der Waals surface area (Å²) in [6.45, 7) is 7.61. The lowest BCUT2D eigenvalue weighted by Gasteiger charge is -2.45. The van der Waals surface area contributed by atoms with Crippen molar-refractivity contribution in [2.75, 3.05) is 20.2 Å². The lowest BCUT2D eigenvalue weighted by atomic mass is 9.68. The van der Waals surface area contributed by atoms with Crippen LogP contribution in [0.2, 0.25) is 0 Å². The van der Waals surface area contributed by atoms with Crippen molar-refractivity contribution >= 4 is 11.9 Å². The summed E-state index contributed by atoms with van der Waals surface area (Å²) in [5.41, 5.74) is 0.719.